The summed E-state index contributed by atoms with van der Waals surface area (Å²) in [5.41, 5.74) is 9.62. The van der Waals surface area contributed by atoms with Crippen LogP contribution >= 0.6 is 0 Å². The molecular weight excluding hydrogens is 372 g/mol. The Morgan fingerprint density at radius 2 is 1.47 bits per heavy atom. The van der Waals surface area contributed by atoms with Crippen molar-refractivity contribution in [3.05, 3.63) is 51.6 Å². The number of hydrogen-bond acceptors (Lipinski definition) is 3. The standard InChI is InChI=1S/C27H38O3/c1-12-29-25(28)30-22-14-13-16(2)17(3)23(22)20-15-21(26(6,7)8)24(27(9,10)11)19(5)18(20)4/h13-15H,12H2,1-11H3. The van der Waals surface area contributed by atoms with E-state index in [4.69, 9.17) is 9.47 Å². The molecule has 2 aromatic rings. The summed E-state index contributed by atoms with van der Waals surface area (Å²) in [5, 5.41) is 0. The van der Waals surface area contributed by atoms with Crippen LogP contribution in [0.1, 0.15) is 81.8 Å². The van der Waals surface area contributed by atoms with Crippen LogP contribution in [0.15, 0.2) is 18.2 Å². The van der Waals surface area contributed by atoms with Gasteiger partial charge < -0.3 is 9.47 Å². The molecule has 0 spiro atoms. The highest BCUT2D eigenvalue weighted by atomic mass is 16.7. The number of ether oxygens (including phenoxy) is 2. The van der Waals surface area contributed by atoms with E-state index in [1.54, 1.807) is 6.92 Å². The molecule has 0 radical (unpaired) electrons. The van der Waals surface area contributed by atoms with Gasteiger partial charge in [0, 0.05) is 5.56 Å². The third kappa shape index (κ3) is 4.71. The van der Waals surface area contributed by atoms with Gasteiger partial charge in [0.1, 0.15) is 5.75 Å². The second-order valence-corrected chi connectivity index (χ2v) is 10.3. The zero-order valence-electron chi connectivity index (χ0n) is 20.7. The summed E-state index contributed by atoms with van der Waals surface area (Å²) in [6.45, 7) is 24.2. The topological polar surface area (TPSA) is 35.5 Å². The van der Waals surface area contributed by atoms with Gasteiger partial charge in [0.2, 0.25) is 0 Å². The van der Waals surface area contributed by atoms with Crippen LogP contribution in [0.25, 0.3) is 11.1 Å². The average molecular weight is 411 g/mol. The third-order valence-corrected chi connectivity index (χ3v) is 5.88. The molecule has 2 aromatic carbocycles. The van der Waals surface area contributed by atoms with Gasteiger partial charge in [0.15, 0.2) is 0 Å². The highest BCUT2D eigenvalue weighted by molar-refractivity contribution is 5.82. The molecule has 0 aromatic heterocycles. The summed E-state index contributed by atoms with van der Waals surface area (Å²) in [7, 11) is 0. The molecule has 2 rings (SSSR count). The zero-order valence-corrected chi connectivity index (χ0v) is 20.7. The van der Waals surface area contributed by atoms with E-state index in [-0.39, 0.29) is 17.4 Å². The van der Waals surface area contributed by atoms with Crippen molar-refractivity contribution in [3.8, 4) is 16.9 Å². The summed E-state index contributed by atoms with van der Waals surface area (Å²) >= 11 is 0. The Labute approximate surface area is 182 Å². The van der Waals surface area contributed by atoms with Crippen LogP contribution in [0.4, 0.5) is 4.79 Å². The van der Waals surface area contributed by atoms with Gasteiger partial charge in [-0.1, -0.05) is 47.6 Å². The monoisotopic (exact) mass is 410 g/mol. The first kappa shape index (κ1) is 24.0. The predicted molar refractivity (Wildman–Crippen MR) is 126 cm³/mol. The lowest BCUT2D eigenvalue weighted by atomic mass is 9.71. The normalized spacial score (nSPS) is 12.1. The van der Waals surface area contributed by atoms with Gasteiger partial charge in [-0.25, -0.2) is 4.79 Å². The quantitative estimate of drug-likeness (QED) is 0.384. The van der Waals surface area contributed by atoms with E-state index in [1.165, 1.54) is 22.3 Å². The van der Waals surface area contributed by atoms with E-state index >= 15 is 0 Å². The molecule has 0 saturated carbocycles. The lowest BCUT2D eigenvalue weighted by molar-refractivity contribution is 0.104. The number of carbonyl (C=O) groups is 1. The van der Waals surface area contributed by atoms with Crippen molar-refractivity contribution in [2.75, 3.05) is 6.61 Å². The van der Waals surface area contributed by atoms with E-state index in [0.717, 1.165) is 22.3 Å². The van der Waals surface area contributed by atoms with Crippen molar-refractivity contribution < 1.29 is 14.3 Å². The van der Waals surface area contributed by atoms with Crippen molar-refractivity contribution in [3.63, 3.8) is 0 Å². The van der Waals surface area contributed by atoms with Gasteiger partial charge >= 0.3 is 6.16 Å². The molecule has 0 saturated heterocycles. The van der Waals surface area contributed by atoms with Crippen LogP contribution in [0.2, 0.25) is 0 Å². The van der Waals surface area contributed by atoms with Crippen LogP contribution in [0.3, 0.4) is 0 Å². The number of carbonyl (C=O) groups excluding carboxylic acids is 1. The molecule has 0 unspecified atom stereocenters. The number of aryl methyl sites for hydroxylation is 1. The Morgan fingerprint density at radius 1 is 0.867 bits per heavy atom. The highest BCUT2D eigenvalue weighted by Crippen LogP contribution is 2.44. The molecule has 3 nitrogen and oxygen atoms in total. The molecule has 0 fully saturated rings. The smallest absolute Gasteiger partial charge is 0.434 e. The average Bonchev–Trinajstić information content (AvgIpc) is 2.59. The summed E-state index contributed by atoms with van der Waals surface area (Å²) in [6, 6.07) is 6.17. The molecule has 0 aliphatic rings. The van der Waals surface area contributed by atoms with E-state index in [9.17, 15) is 4.79 Å². The second-order valence-electron chi connectivity index (χ2n) is 10.3. The molecular formula is C27H38O3. The molecule has 30 heavy (non-hydrogen) atoms. The molecule has 0 bridgehead atoms. The Balaban J connectivity index is 2.90. The third-order valence-electron chi connectivity index (χ3n) is 5.88. The molecule has 0 aliphatic heterocycles. The van der Waals surface area contributed by atoms with Gasteiger partial charge in [-0.05, 0) is 96.5 Å². The number of rotatable bonds is 3. The fraction of sp³-hybridized carbons (Fsp3) is 0.519. The van der Waals surface area contributed by atoms with Crippen LogP contribution in [0, 0.1) is 27.7 Å². The van der Waals surface area contributed by atoms with Crippen molar-refractivity contribution in [1.82, 2.24) is 0 Å². The lowest BCUT2D eigenvalue weighted by Crippen LogP contribution is -2.24. The molecule has 0 N–H and O–H groups in total. The van der Waals surface area contributed by atoms with Crippen molar-refractivity contribution >= 4 is 6.16 Å². The van der Waals surface area contributed by atoms with E-state index in [2.05, 4.69) is 75.3 Å². The lowest BCUT2D eigenvalue weighted by Gasteiger charge is -2.34. The van der Waals surface area contributed by atoms with Crippen LogP contribution in [-0.4, -0.2) is 12.8 Å². The van der Waals surface area contributed by atoms with Crippen molar-refractivity contribution in [1.29, 1.82) is 0 Å². The fourth-order valence-electron chi connectivity index (χ4n) is 4.18. The Morgan fingerprint density at radius 3 is 1.97 bits per heavy atom. The number of hydrogen-bond donors (Lipinski definition) is 0. The number of benzene rings is 2. The summed E-state index contributed by atoms with van der Waals surface area (Å²) < 4.78 is 10.7. The van der Waals surface area contributed by atoms with E-state index < -0.39 is 6.16 Å². The first-order valence-electron chi connectivity index (χ1n) is 10.8. The maximum Gasteiger partial charge on any atom is 0.513 e. The van der Waals surface area contributed by atoms with Gasteiger partial charge in [-0.3, -0.25) is 0 Å². The maximum atomic E-state index is 12.1. The van der Waals surface area contributed by atoms with Crippen molar-refractivity contribution in [2.24, 2.45) is 0 Å². The molecule has 3 heteroatoms. The molecule has 164 valence electrons. The SMILES string of the molecule is CCOC(=O)Oc1ccc(C)c(C)c1-c1cc(C(C)(C)C)c(C(C)(C)C)c(C)c1C. The Hall–Kier alpha value is -2.29. The minimum atomic E-state index is -0.668. The zero-order chi connectivity index (χ0) is 23.0. The molecule has 0 amide bonds. The van der Waals surface area contributed by atoms with Gasteiger partial charge in [-0.2, -0.15) is 0 Å². The minimum absolute atomic E-state index is 0.0181. The predicted octanol–water partition coefficient (Wildman–Crippen LogP) is 7.72. The summed E-state index contributed by atoms with van der Waals surface area (Å²) in [6.07, 6.45) is -0.668. The summed E-state index contributed by atoms with van der Waals surface area (Å²) in [4.78, 5) is 12.1. The van der Waals surface area contributed by atoms with Crippen LogP contribution < -0.4 is 4.74 Å². The fourth-order valence-corrected chi connectivity index (χ4v) is 4.18. The maximum absolute atomic E-state index is 12.1. The second kappa shape index (κ2) is 8.45. The molecule has 0 aliphatic carbocycles. The van der Waals surface area contributed by atoms with Gasteiger partial charge in [0.25, 0.3) is 0 Å². The van der Waals surface area contributed by atoms with Gasteiger partial charge in [0.05, 0.1) is 6.61 Å². The first-order valence-corrected chi connectivity index (χ1v) is 10.8. The van der Waals surface area contributed by atoms with Gasteiger partial charge in [-0.15, -0.1) is 0 Å². The molecule has 0 heterocycles. The van der Waals surface area contributed by atoms with Crippen molar-refractivity contribution in [2.45, 2.75) is 87.0 Å². The Kier molecular flexibility index (Phi) is 6.76. The molecule has 0 atom stereocenters. The van der Waals surface area contributed by atoms with E-state index in [1.807, 2.05) is 12.1 Å². The first-order chi connectivity index (χ1) is 13.7. The van der Waals surface area contributed by atoms with Crippen LogP contribution in [0.5, 0.6) is 5.75 Å². The van der Waals surface area contributed by atoms with Crippen LogP contribution in [-0.2, 0) is 15.6 Å². The van der Waals surface area contributed by atoms with E-state index in [0.29, 0.717) is 5.75 Å². The minimum Gasteiger partial charge on any atom is -0.434 e. The summed E-state index contributed by atoms with van der Waals surface area (Å²) in [5.74, 6) is 0.544. The Bertz CT molecular complexity index is 954. The largest absolute Gasteiger partial charge is 0.513 e. The highest BCUT2D eigenvalue weighted by Gasteiger charge is 2.30.